The average Bonchev–Trinajstić information content (AvgIpc) is 2.33. The Hall–Kier alpha value is -0.280. The van der Waals surface area contributed by atoms with Crippen molar-refractivity contribution >= 4 is 42.8 Å². The molecule has 0 amide bonds. The number of hydrogen-bond acceptors (Lipinski definition) is 0. The van der Waals surface area contributed by atoms with Gasteiger partial charge < -0.3 is 4.57 Å². The molecule has 12 heavy (non-hydrogen) atoms. The Balaban J connectivity index is 2.99. The predicted molar refractivity (Wildman–Crippen MR) is 58.3 cm³/mol. The van der Waals surface area contributed by atoms with Crippen LogP contribution >= 0.6 is 31.9 Å². The maximum atomic E-state index is 3.53. The van der Waals surface area contributed by atoms with Crippen molar-refractivity contribution in [2.45, 2.75) is 0 Å². The van der Waals surface area contributed by atoms with E-state index in [0.717, 1.165) is 9.08 Å². The Bertz CT molecular complexity index is 392. The topological polar surface area (TPSA) is 4.93 Å². The first-order valence-corrected chi connectivity index (χ1v) is 5.19. The lowest BCUT2D eigenvalue weighted by Crippen LogP contribution is -1.85. The van der Waals surface area contributed by atoms with E-state index < -0.39 is 0 Å². The Morgan fingerprint density at radius 2 is 1.83 bits per heavy atom. The summed E-state index contributed by atoms with van der Waals surface area (Å²) >= 11 is 7.04. The van der Waals surface area contributed by atoms with Crippen LogP contribution in [-0.2, 0) is 7.05 Å². The Kier molecular flexibility index (Phi) is 2.00. The highest BCUT2D eigenvalue weighted by Crippen LogP contribution is 2.33. The minimum atomic E-state index is 1.09. The van der Waals surface area contributed by atoms with E-state index in [9.17, 15) is 0 Å². The molecule has 0 spiro atoms. The van der Waals surface area contributed by atoms with Gasteiger partial charge in [-0.25, -0.2) is 0 Å². The van der Waals surface area contributed by atoms with Gasteiger partial charge in [-0.05, 0) is 37.9 Å². The van der Waals surface area contributed by atoms with Crippen molar-refractivity contribution in [2.75, 3.05) is 0 Å². The second kappa shape index (κ2) is 2.89. The van der Waals surface area contributed by atoms with Crippen LogP contribution in [0, 0.1) is 0 Å². The Morgan fingerprint density at radius 1 is 1.17 bits per heavy atom. The van der Waals surface area contributed by atoms with Gasteiger partial charge in [-0.2, -0.15) is 0 Å². The van der Waals surface area contributed by atoms with E-state index in [1.54, 1.807) is 0 Å². The van der Waals surface area contributed by atoms with Crippen LogP contribution in [0.4, 0.5) is 0 Å². The molecule has 0 aliphatic rings. The summed E-state index contributed by atoms with van der Waals surface area (Å²) in [6.07, 6.45) is 0. The summed E-state index contributed by atoms with van der Waals surface area (Å²) in [6, 6.07) is 8.29. The van der Waals surface area contributed by atoms with Crippen molar-refractivity contribution in [3.05, 3.63) is 33.3 Å². The molecule has 0 fully saturated rings. The monoisotopic (exact) mass is 287 g/mol. The molecule has 3 heteroatoms. The third-order valence-corrected chi connectivity index (χ3v) is 4.24. The molecule has 1 aromatic heterocycles. The summed E-state index contributed by atoms with van der Waals surface area (Å²) in [5.41, 5.74) is 1.23. The number of aryl methyl sites for hydroxylation is 1. The highest BCUT2D eigenvalue weighted by molar-refractivity contribution is 9.13. The zero-order valence-electron chi connectivity index (χ0n) is 6.51. The van der Waals surface area contributed by atoms with Gasteiger partial charge in [0, 0.05) is 18.0 Å². The zero-order valence-corrected chi connectivity index (χ0v) is 9.68. The molecule has 0 unspecified atom stereocenters. The van der Waals surface area contributed by atoms with Gasteiger partial charge in [-0.15, -0.1) is 0 Å². The smallest absolute Gasteiger partial charge is 0.0999 e. The minimum absolute atomic E-state index is 1.09. The molecule has 0 saturated carbocycles. The number of rotatable bonds is 0. The highest BCUT2D eigenvalue weighted by Gasteiger charge is 2.08. The average molecular weight is 289 g/mol. The number of aromatic nitrogens is 1. The molecule has 0 saturated heterocycles. The molecule has 0 aliphatic heterocycles. The first-order chi connectivity index (χ1) is 5.72. The van der Waals surface area contributed by atoms with Gasteiger partial charge in [0.05, 0.1) is 9.08 Å². The van der Waals surface area contributed by atoms with E-state index in [1.807, 2.05) is 19.2 Å². The lowest BCUT2D eigenvalue weighted by atomic mass is 10.2. The van der Waals surface area contributed by atoms with Crippen LogP contribution in [0.1, 0.15) is 0 Å². The fourth-order valence-corrected chi connectivity index (χ4v) is 2.32. The van der Waals surface area contributed by atoms with Gasteiger partial charge in [0.1, 0.15) is 0 Å². The SMILES string of the molecule is Cn1c(Br)c(Br)c2ccccc21. The van der Waals surface area contributed by atoms with Gasteiger partial charge in [0.2, 0.25) is 0 Å². The normalized spacial score (nSPS) is 10.9. The summed E-state index contributed by atoms with van der Waals surface area (Å²) in [6.45, 7) is 0. The van der Waals surface area contributed by atoms with Crippen molar-refractivity contribution in [3.8, 4) is 0 Å². The van der Waals surface area contributed by atoms with E-state index >= 15 is 0 Å². The van der Waals surface area contributed by atoms with Crippen molar-refractivity contribution in [2.24, 2.45) is 7.05 Å². The molecule has 0 atom stereocenters. The van der Waals surface area contributed by atoms with Crippen molar-refractivity contribution in [1.82, 2.24) is 4.57 Å². The van der Waals surface area contributed by atoms with Crippen LogP contribution in [0.25, 0.3) is 10.9 Å². The summed E-state index contributed by atoms with van der Waals surface area (Å²) in [5.74, 6) is 0. The summed E-state index contributed by atoms with van der Waals surface area (Å²) in [7, 11) is 2.04. The van der Waals surface area contributed by atoms with E-state index in [0.29, 0.717) is 0 Å². The number of para-hydroxylation sites is 1. The molecule has 1 aromatic carbocycles. The van der Waals surface area contributed by atoms with Gasteiger partial charge in [0.15, 0.2) is 0 Å². The van der Waals surface area contributed by atoms with Gasteiger partial charge in [0.25, 0.3) is 0 Å². The predicted octanol–water partition coefficient (Wildman–Crippen LogP) is 3.70. The maximum Gasteiger partial charge on any atom is 0.0999 e. The van der Waals surface area contributed by atoms with E-state index in [2.05, 4.69) is 48.6 Å². The second-order valence-electron chi connectivity index (χ2n) is 2.68. The highest BCUT2D eigenvalue weighted by atomic mass is 79.9. The van der Waals surface area contributed by atoms with Crippen LogP contribution < -0.4 is 0 Å². The largest absolute Gasteiger partial charge is 0.337 e. The summed E-state index contributed by atoms with van der Waals surface area (Å²) in [5, 5.41) is 1.24. The van der Waals surface area contributed by atoms with E-state index in [4.69, 9.17) is 0 Å². The number of benzene rings is 1. The quantitative estimate of drug-likeness (QED) is 0.697. The molecule has 0 N–H and O–H groups in total. The van der Waals surface area contributed by atoms with E-state index in [-0.39, 0.29) is 0 Å². The minimum Gasteiger partial charge on any atom is -0.337 e. The fourth-order valence-electron chi connectivity index (χ4n) is 1.32. The third kappa shape index (κ3) is 1.04. The Morgan fingerprint density at radius 3 is 2.50 bits per heavy atom. The van der Waals surface area contributed by atoms with Crippen LogP contribution in [0.5, 0.6) is 0 Å². The molecule has 0 radical (unpaired) electrons. The summed E-state index contributed by atoms with van der Waals surface area (Å²) in [4.78, 5) is 0. The van der Waals surface area contributed by atoms with Gasteiger partial charge in [-0.1, -0.05) is 18.2 Å². The first-order valence-electron chi connectivity index (χ1n) is 3.60. The van der Waals surface area contributed by atoms with E-state index in [1.165, 1.54) is 10.9 Å². The first kappa shape index (κ1) is 8.32. The van der Waals surface area contributed by atoms with Crippen molar-refractivity contribution < 1.29 is 0 Å². The standard InChI is InChI=1S/C9H7Br2N/c1-12-7-5-3-2-4-6(7)8(10)9(12)11/h2-5H,1H3. The van der Waals surface area contributed by atoms with Gasteiger partial charge in [-0.3, -0.25) is 0 Å². The van der Waals surface area contributed by atoms with Crippen LogP contribution in [0.2, 0.25) is 0 Å². The van der Waals surface area contributed by atoms with Crippen molar-refractivity contribution in [1.29, 1.82) is 0 Å². The third-order valence-electron chi connectivity index (χ3n) is 1.98. The number of halogens is 2. The molecular formula is C9H7Br2N. The maximum absolute atomic E-state index is 3.53. The fraction of sp³-hybridized carbons (Fsp3) is 0.111. The van der Waals surface area contributed by atoms with Crippen LogP contribution in [0.3, 0.4) is 0 Å². The molecule has 1 heterocycles. The summed E-state index contributed by atoms with van der Waals surface area (Å²) < 4.78 is 4.32. The molecule has 0 aliphatic carbocycles. The van der Waals surface area contributed by atoms with Crippen LogP contribution in [0.15, 0.2) is 33.3 Å². The second-order valence-corrected chi connectivity index (χ2v) is 4.23. The molecule has 2 aromatic rings. The number of fused-ring (bicyclic) bond motifs is 1. The Labute approximate surface area is 87.6 Å². The molecule has 0 bridgehead atoms. The van der Waals surface area contributed by atoms with Crippen molar-refractivity contribution in [3.63, 3.8) is 0 Å². The molecule has 1 nitrogen and oxygen atoms in total. The number of hydrogen-bond donors (Lipinski definition) is 0. The zero-order chi connectivity index (χ0) is 8.72. The van der Waals surface area contributed by atoms with Crippen LogP contribution in [-0.4, -0.2) is 4.57 Å². The number of nitrogens with zero attached hydrogens (tertiary/aromatic N) is 1. The molecule has 2 rings (SSSR count). The molecule has 62 valence electrons. The lowest BCUT2D eigenvalue weighted by Gasteiger charge is -1.94. The lowest BCUT2D eigenvalue weighted by molar-refractivity contribution is 0.937. The molecular weight excluding hydrogens is 282 g/mol. The van der Waals surface area contributed by atoms with Gasteiger partial charge >= 0.3 is 0 Å².